The monoisotopic (exact) mass is 758 g/mol. The SMILES string of the molecule is CC/C=C\C/C=C\C/C=C\C/C=C\CCC(=O)OC(COC(=O)CCCCCCC/C=C\C/C=C\CCCCCC)COC(OCC[N+](C)(C)C)C(=O)[O-]. The van der Waals surface area contributed by atoms with E-state index in [1.54, 1.807) is 0 Å². The van der Waals surface area contributed by atoms with Gasteiger partial charge >= 0.3 is 11.9 Å². The largest absolute Gasteiger partial charge is 0.545 e. The summed E-state index contributed by atoms with van der Waals surface area (Å²) in [5.74, 6) is -2.43. The molecule has 0 radical (unpaired) electrons. The number of hydrogen-bond acceptors (Lipinski definition) is 8. The van der Waals surface area contributed by atoms with Crippen LogP contribution in [0.3, 0.4) is 0 Å². The summed E-state index contributed by atoms with van der Waals surface area (Å²) in [6.07, 6.45) is 41.0. The number of hydrogen-bond donors (Lipinski definition) is 0. The Labute approximate surface area is 328 Å². The molecule has 0 bridgehead atoms. The van der Waals surface area contributed by atoms with Crippen LogP contribution in [0.1, 0.15) is 136 Å². The molecule has 2 atom stereocenters. The van der Waals surface area contributed by atoms with Crippen molar-refractivity contribution in [3.8, 4) is 0 Å². The van der Waals surface area contributed by atoms with Crippen LogP contribution in [0.2, 0.25) is 0 Å². The Bertz CT molecular complexity index is 1120. The molecule has 0 saturated heterocycles. The quantitative estimate of drug-likeness (QED) is 0.0205. The van der Waals surface area contributed by atoms with Gasteiger partial charge < -0.3 is 33.3 Å². The van der Waals surface area contributed by atoms with Gasteiger partial charge in [-0.15, -0.1) is 0 Å². The number of quaternary nitrogens is 1. The van der Waals surface area contributed by atoms with Gasteiger partial charge in [-0.25, -0.2) is 0 Å². The average Bonchev–Trinajstić information content (AvgIpc) is 3.12. The minimum atomic E-state index is -1.64. The zero-order valence-electron chi connectivity index (χ0n) is 34.6. The average molecular weight is 758 g/mol. The van der Waals surface area contributed by atoms with Crippen LogP contribution in [0.25, 0.3) is 0 Å². The number of rotatable bonds is 36. The normalized spacial score (nSPS) is 13.7. The van der Waals surface area contributed by atoms with Gasteiger partial charge in [0.1, 0.15) is 13.2 Å². The highest BCUT2D eigenvalue weighted by molar-refractivity contribution is 5.70. The maximum absolute atomic E-state index is 12.7. The number of likely N-dealkylation sites (N-methyl/N-ethyl adjacent to an activating group) is 1. The fourth-order valence-electron chi connectivity index (χ4n) is 4.99. The maximum atomic E-state index is 12.7. The summed E-state index contributed by atoms with van der Waals surface area (Å²) in [6, 6.07) is 0. The van der Waals surface area contributed by atoms with Crippen molar-refractivity contribution in [3.05, 3.63) is 72.9 Å². The highest BCUT2D eigenvalue weighted by Crippen LogP contribution is 2.11. The molecule has 0 N–H and O–H groups in total. The Morgan fingerprint density at radius 3 is 1.65 bits per heavy atom. The minimum Gasteiger partial charge on any atom is -0.545 e. The predicted molar refractivity (Wildman–Crippen MR) is 218 cm³/mol. The van der Waals surface area contributed by atoms with Crippen LogP contribution in [0, 0.1) is 0 Å². The van der Waals surface area contributed by atoms with Gasteiger partial charge in [0, 0.05) is 12.8 Å². The molecule has 0 rings (SSSR count). The summed E-state index contributed by atoms with van der Waals surface area (Å²) < 4.78 is 22.4. The van der Waals surface area contributed by atoms with E-state index >= 15 is 0 Å². The molecule has 2 unspecified atom stereocenters. The van der Waals surface area contributed by atoms with Gasteiger partial charge in [0.2, 0.25) is 0 Å². The van der Waals surface area contributed by atoms with E-state index < -0.39 is 30.3 Å². The Kier molecular flexibility index (Phi) is 34.5. The number of carbonyl (C=O) groups excluding carboxylic acids is 3. The van der Waals surface area contributed by atoms with Gasteiger partial charge in [0.25, 0.3) is 0 Å². The first-order chi connectivity index (χ1) is 26.1. The van der Waals surface area contributed by atoms with E-state index in [-0.39, 0.29) is 32.7 Å². The lowest BCUT2D eigenvalue weighted by molar-refractivity contribution is -0.870. The maximum Gasteiger partial charge on any atom is 0.306 e. The van der Waals surface area contributed by atoms with Crippen molar-refractivity contribution < 1.29 is 42.9 Å². The van der Waals surface area contributed by atoms with E-state index in [0.717, 1.165) is 64.2 Å². The molecule has 0 aromatic heterocycles. The van der Waals surface area contributed by atoms with E-state index in [1.807, 2.05) is 33.3 Å². The number of carboxylic acids is 1. The second-order valence-electron chi connectivity index (χ2n) is 14.5. The molecule has 9 heteroatoms. The number of esters is 2. The number of carboxylic acid groups (broad SMARTS) is 1. The number of carbonyl (C=O) groups is 3. The van der Waals surface area contributed by atoms with E-state index in [4.69, 9.17) is 18.9 Å². The first-order valence-corrected chi connectivity index (χ1v) is 20.6. The van der Waals surface area contributed by atoms with Gasteiger partial charge in [-0.1, -0.05) is 125 Å². The zero-order chi connectivity index (χ0) is 40.0. The number of aliphatic carboxylic acids is 1. The molecule has 9 nitrogen and oxygen atoms in total. The predicted octanol–water partition coefficient (Wildman–Crippen LogP) is 9.05. The zero-order valence-corrected chi connectivity index (χ0v) is 34.6. The third-order valence-corrected chi connectivity index (χ3v) is 8.20. The van der Waals surface area contributed by atoms with Gasteiger partial charge in [-0.05, 0) is 70.6 Å². The summed E-state index contributed by atoms with van der Waals surface area (Å²) in [4.78, 5) is 36.8. The van der Waals surface area contributed by atoms with Crippen LogP contribution >= 0.6 is 0 Å². The van der Waals surface area contributed by atoms with Crippen LogP contribution in [-0.2, 0) is 33.3 Å². The number of unbranched alkanes of at least 4 members (excludes halogenated alkanes) is 9. The van der Waals surface area contributed by atoms with Crippen LogP contribution in [-0.4, -0.2) is 82.3 Å². The number of nitrogens with zero attached hydrogens (tertiary/aromatic N) is 1. The summed E-state index contributed by atoms with van der Waals surface area (Å²) >= 11 is 0. The molecular formula is C45H75NO8. The molecule has 0 fully saturated rings. The molecular weight excluding hydrogens is 682 g/mol. The summed E-state index contributed by atoms with van der Waals surface area (Å²) in [6.45, 7) is 4.47. The van der Waals surface area contributed by atoms with E-state index in [0.29, 0.717) is 23.9 Å². The van der Waals surface area contributed by atoms with Gasteiger partial charge in [0.15, 0.2) is 12.4 Å². The molecule has 0 aliphatic heterocycles. The fraction of sp³-hybridized carbons (Fsp3) is 0.667. The Morgan fingerprint density at radius 1 is 0.574 bits per heavy atom. The van der Waals surface area contributed by atoms with Crippen molar-refractivity contribution in [3.63, 3.8) is 0 Å². The van der Waals surface area contributed by atoms with Gasteiger partial charge in [-0.2, -0.15) is 0 Å². The van der Waals surface area contributed by atoms with Gasteiger partial charge in [0.05, 0.1) is 40.3 Å². The van der Waals surface area contributed by atoms with Crippen LogP contribution in [0.4, 0.5) is 0 Å². The molecule has 0 spiro atoms. The molecule has 0 heterocycles. The van der Waals surface area contributed by atoms with Crippen molar-refractivity contribution in [1.82, 2.24) is 0 Å². The Morgan fingerprint density at radius 2 is 1.09 bits per heavy atom. The van der Waals surface area contributed by atoms with E-state index in [1.165, 1.54) is 32.1 Å². The number of allylic oxidation sites excluding steroid dienone is 12. The van der Waals surface area contributed by atoms with E-state index in [9.17, 15) is 19.5 Å². The van der Waals surface area contributed by atoms with Crippen molar-refractivity contribution >= 4 is 17.9 Å². The second-order valence-corrected chi connectivity index (χ2v) is 14.5. The molecule has 0 aliphatic carbocycles. The molecule has 54 heavy (non-hydrogen) atoms. The van der Waals surface area contributed by atoms with Crippen LogP contribution < -0.4 is 5.11 Å². The Balaban J connectivity index is 4.62. The second kappa shape index (κ2) is 36.7. The third-order valence-electron chi connectivity index (χ3n) is 8.20. The molecule has 0 aromatic rings. The highest BCUT2D eigenvalue weighted by Gasteiger charge is 2.21. The molecule has 0 aliphatic rings. The van der Waals surface area contributed by atoms with Crippen molar-refractivity contribution in [1.29, 1.82) is 0 Å². The topological polar surface area (TPSA) is 111 Å². The Hall–Kier alpha value is -3.27. The summed E-state index contributed by atoms with van der Waals surface area (Å²) in [5, 5.41) is 11.7. The van der Waals surface area contributed by atoms with Crippen LogP contribution in [0.5, 0.6) is 0 Å². The molecule has 0 aromatic carbocycles. The lowest BCUT2D eigenvalue weighted by Gasteiger charge is -2.26. The van der Waals surface area contributed by atoms with Crippen molar-refractivity contribution in [2.45, 2.75) is 148 Å². The molecule has 0 amide bonds. The molecule has 308 valence electrons. The van der Waals surface area contributed by atoms with Gasteiger partial charge in [-0.3, -0.25) is 9.59 Å². The third kappa shape index (κ3) is 37.1. The fourth-order valence-corrected chi connectivity index (χ4v) is 4.99. The summed E-state index contributed by atoms with van der Waals surface area (Å²) in [7, 11) is 5.87. The molecule has 0 saturated carbocycles. The lowest BCUT2D eigenvalue weighted by Crippen LogP contribution is -2.44. The van der Waals surface area contributed by atoms with Crippen molar-refractivity contribution in [2.75, 3.05) is 47.5 Å². The first kappa shape index (κ1) is 50.7. The smallest absolute Gasteiger partial charge is 0.306 e. The first-order valence-electron chi connectivity index (χ1n) is 20.6. The summed E-state index contributed by atoms with van der Waals surface area (Å²) in [5.41, 5.74) is 0. The highest BCUT2D eigenvalue weighted by atomic mass is 16.7. The van der Waals surface area contributed by atoms with E-state index in [2.05, 4.69) is 74.6 Å². The van der Waals surface area contributed by atoms with Crippen LogP contribution in [0.15, 0.2) is 72.9 Å². The number of ether oxygens (including phenoxy) is 4. The minimum absolute atomic E-state index is 0.120. The van der Waals surface area contributed by atoms with Crippen molar-refractivity contribution in [2.24, 2.45) is 0 Å². The standard InChI is InChI=1S/C45H75NO8/c1-6-8-10-12-14-16-18-20-21-22-24-25-27-29-31-33-35-42(47)52-39-41(40-53-45(44(49)50)51-38-37-46(3,4)5)54-43(48)36-34-32-30-28-26-23-19-17-15-13-11-9-7-2/h9,11,15-18,21-23,26,30,32,41,45H,6-8,10,12-14,19-20,24-25,27-29,31,33-40H2,1-5H3/b11-9-,17-15-,18-16-,22-21-,26-23-,32-30-. The lowest BCUT2D eigenvalue weighted by atomic mass is 10.1.